The minimum atomic E-state index is -0.802. The van der Waals surface area contributed by atoms with Gasteiger partial charge >= 0.3 is 43.5 Å². The predicted octanol–water partition coefficient (Wildman–Crippen LogP) is -3.99. The van der Waals surface area contributed by atoms with Crippen LogP contribution in [0.3, 0.4) is 0 Å². The Labute approximate surface area is 89.7 Å². The fraction of sp³-hybridized carbons (Fsp3) is 0. The zero-order valence-corrected chi connectivity index (χ0v) is 12.8. The summed E-state index contributed by atoms with van der Waals surface area (Å²) in [6, 6.07) is 0. The van der Waals surface area contributed by atoms with Crippen molar-refractivity contribution in [3.05, 3.63) is 31.5 Å². The summed E-state index contributed by atoms with van der Waals surface area (Å²) < 4.78 is 7.21. The van der Waals surface area contributed by atoms with E-state index in [0.717, 1.165) is 0 Å². The molecule has 0 unspecified atom stereocenters. The van der Waals surface area contributed by atoms with Crippen molar-refractivity contribution in [1.29, 1.82) is 0 Å². The molecular weight excluding hydrogens is 317 g/mol. The third-order valence-electron chi connectivity index (χ3n) is 0.681. The summed E-state index contributed by atoms with van der Waals surface area (Å²) in [5.74, 6) is 0. The van der Waals surface area contributed by atoms with E-state index >= 15 is 0 Å². The van der Waals surface area contributed by atoms with Crippen LogP contribution in [0.2, 0.25) is 0 Å². The molecule has 0 saturated carbocycles. The van der Waals surface area contributed by atoms with E-state index in [0.29, 0.717) is 0 Å². The molecule has 1 aromatic rings. The molecule has 7 nitrogen and oxygen atoms in total. The molecule has 1 aromatic heterocycles. The minimum absolute atomic E-state index is 0. The Balaban J connectivity index is 0. The molecular formula is C3H7FeN3O4Sn. The van der Waals surface area contributed by atoms with E-state index in [1.165, 1.54) is 0 Å². The normalized spacial score (nSPS) is 7.75. The van der Waals surface area contributed by atoms with Crippen LogP contribution >= 0.6 is 0 Å². The molecule has 0 bridgehead atoms. The Morgan fingerprint density at radius 2 is 1.00 bits per heavy atom. The molecule has 12 heavy (non-hydrogen) atoms. The van der Waals surface area contributed by atoms with E-state index in [1.54, 1.807) is 15.0 Å². The number of H-pyrrole nitrogens is 3. The monoisotopic (exact) mass is 325 g/mol. The van der Waals surface area contributed by atoms with Gasteiger partial charge < -0.3 is 0 Å². The van der Waals surface area contributed by atoms with Crippen molar-refractivity contribution in [2.45, 2.75) is 0 Å². The van der Waals surface area contributed by atoms with Gasteiger partial charge in [0.05, 0.1) is 0 Å². The van der Waals surface area contributed by atoms with Gasteiger partial charge in [-0.1, -0.05) is 0 Å². The summed E-state index contributed by atoms with van der Waals surface area (Å²) >= 11 is -0.0500. The van der Waals surface area contributed by atoms with E-state index in [4.69, 9.17) is 3.44 Å². The first-order valence-electron chi connectivity index (χ1n) is 2.56. The Bertz CT molecular complexity index is 288. The zero-order chi connectivity index (χ0) is 8.85. The fourth-order valence-electron chi connectivity index (χ4n) is 0.403. The van der Waals surface area contributed by atoms with Gasteiger partial charge in [0.1, 0.15) is 0 Å². The van der Waals surface area contributed by atoms with Gasteiger partial charge in [-0.15, -0.1) is 0 Å². The Morgan fingerprint density at radius 1 is 0.833 bits per heavy atom. The summed E-state index contributed by atoms with van der Waals surface area (Å²) in [6.45, 7) is 0. The van der Waals surface area contributed by atoms with Crippen molar-refractivity contribution >= 4 is 22.9 Å². The van der Waals surface area contributed by atoms with E-state index in [9.17, 15) is 14.4 Å². The van der Waals surface area contributed by atoms with Crippen LogP contribution in [0.5, 0.6) is 0 Å². The van der Waals surface area contributed by atoms with Gasteiger partial charge in [-0.25, -0.2) is 14.4 Å². The summed E-state index contributed by atoms with van der Waals surface area (Å²) in [5, 5.41) is 0. The van der Waals surface area contributed by atoms with Gasteiger partial charge in [0.2, 0.25) is 0 Å². The molecule has 1 heterocycles. The summed E-state index contributed by atoms with van der Waals surface area (Å²) in [4.78, 5) is 35.9. The van der Waals surface area contributed by atoms with E-state index in [2.05, 4.69) is 0 Å². The molecule has 0 saturated heterocycles. The molecule has 0 fully saturated rings. The molecule has 4 N–H and O–H groups in total. The molecule has 0 aliphatic rings. The SMILES string of the molecule is O=c1[nH]c(=O)[nH]c(=O)[nH]1.[Fe].[OH][SnH3]. The quantitative estimate of drug-likeness (QED) is 0.364. The first kappa shape index (κ1) is 14.2. The van der Waals surface area contributed by atoms with Crippen molar-refractivity contribution in [2.24, 2.45) is 0 Å². The molecule has 9 heteroatoms. The Kier molecular flexibility index (Phi) is 8.71. The van der Waals surface area contributed by atoms with Gasteiger partial charge in [0, 0.05) is 17.1 Å². The third-order valence-corrected chi connectivity index (χ3v) is 0.681. The van der Waals surface area contributed by atoms with Crippen LogP contribution in [-0.2, 0) is 17.1 Å². The second kappa shape index (κ2) is 7.34. The molecule has 1 rings (SSSR count). The van der Waals surface area contributed by atoms with Crippen molar-refractivity contribution < 1.29 is 20.5 Å². The van der Waals surface area contributed by atoms with Crippen LogP contribution < -0.4 is 17.1 Å². The van der Waals surface area contributed by atoms with Crippen LogP contribution in [0.25, 0.3) is 0 Å². The van der Waals surface area contributed by atoms with Gasteiger partial charge in [-0.05, 0) is 0 Å². The van der Waals surface area contributed by atoms with Crippen molar-refractivity contribution in [3.8, 4) is 0 Å². The second-order valence-electron chi connectivity index (χ2n) is 1.36. The summed E-state index contributed by atoms with van der Waals surface area (Å²) in [5.41, 5.74) is -2.41. The number of aromatic nitrogens is 3. The average molecular weight is 324 g/mol. The van der Waals surface area contributed by atoms with E-state index in [1.807, 2.05) is 0 Å². The number of nitrogens with one attached hydrogen (secondary N) is 3. The van der Waals surface area contributed by atoms with Crippen molar-refractivity contribution in [1.82, 2.24) is 15.0 Å². The van der Waals surface area contributed by atoms with Crippen molar-refractivity contribution in [2.75, 3.05) is 0 Å². The first-order chi connectivity index (χ1) is 5.18. The number of aromatic amines is 3. The van der Waals surface area contributed by atoms with Gasteiger partial charge in [0.15, 0.2) is 0 Å². The molecule has 0 aliphatic carbocycles. The molecule has 0 radical (unpaired) electrons. The van der Waals surface area contributed by atoms with Crippen LogP contribution in [-0.4, -0.2) is 41.3 Å². The third kappa shape index (κ3) is 5.35. The van der Waals surface area contributed by atoms with Crippen LogP contribution in [0, 0.1) is 0 Å². The molecule has 0 aliphatic heterocycles. The van der Waals surface area contributed by atoms with Gasteiger partial charge in [-0.2, -0.15) is 0 Å². The number of hydrogen-bond acceptors (Lipinski definition) is 4. The summed E-state index contributed by atoms with van der Waals surface area (Å²) in [7, 11) is 0. The first-order valence-corrected chi connectivity index (χ1v) is 5.11. The number of rotatable bonds is 0. The van der Waals surface area contributed by atoms with E-state index < -0.39 is 17.1 Å². The van der Waals surface area contributed by atoms with Gasteiger partial charge in [-0.3, -0.25) is 15.0 Å². The predicted molar refractivity (Wildman–Crippen MR) is 40.5 cm³/mol. The molecule has 0 spiro atoms. The maximum absolute atomic E-state index is 10.2. The Hall–Kier alpha value is -0.312. The molecule has 70 valence electrons. The molecule has 0 amide bonds. The molecule has 0 atom stereocenters. The molecule has 0 aromatic carbocycles. The van der Waals surface area contributed by atoms with Crippen LogP contribution in [0.1, 0.15) is 0 Å². The van der Waals surface area contributed by atoms with E-state index in [-0.39, 0.29) is 40.0 Å². The standard InChI is InChI=1S/C3H3N3O3.Fe.H2O.Sn.3H/c7-1-4-2(8)6-3(9)5-1;;;;;;/h(H3,4,5,6,7,8,9);;1H2;;;;/q;;;+1;;;/p-1. The number of hydrogen-bond donors (Lipinski definition) is 4. The van der Waals surface area contributed by atoms with Crippen molar-refractivity contribution in [3.63, 3.8) is 0 Å². The van der Waals surface area contributed by atoms with Crippen LogP contribution in [0.4, 0.5) is 0 Å². The topological polar surface area (TPSA) is 119 Å². The Morgan fingerprint density at radius 3 is 1.17 bits per heavy atom. The van der Waals surface area contributed by atoms with Crippen LogP contribution in [0.15, 0.2) is 14.4 Å². The fourth-order valence-corrected chi connectivity index (χ4v) is 0.403. The second-order valence-corrected chi connectivity index (χ2v) is 1.36. The zero-order valence-electron chi connectivity index (χ0n) is 6.03. The van der Waals surface area contributed by atoms with Gasteiger partial charge in [0.25, 0.3) is 0 Å². The maximum atomic E-state index is 10.2. The average Bonchev–Trinajstić information content (AvgIpc) is 1.88. The summed E-state index contributed by atoms with van der Waals surface area (Å²) in [6.07, 6.45) is 0.